The minimum Gasteiger partial charge on any atom is -0.372 e. The topological polar surface area (TPSA) is 49.9 Å². The molecule has 2 aliphatic rings. The summed E-state index contributed by atoms with van der Waals surface area (Å²) in [6.07, 6.45) is 0.396. The third-order valence-corrected chi connectivity index (χ3v) is 4.61. The molecule has 2 saturated heterocycles. The van der Waals surface area contributed by atoms with Crippen molar-refractivity contribution in [1.82, 2.24) is 4.90 Å². The van der Waals surface area contributed by atoms with Crippen LogP contribution >= 0.6 is 0 Å². The van der Waals surface area contributed by atoms with Crippen LogP contribution in [0.1, 0.15) is 25.8 Å². The van der Waals surface area contributed by atoms with Gasteiger partial charge in [-0.3, -0.25) is 9.59 Å². The molecule has 2 aliphatic heterocycles. The zero-order valence-corrected chi connectivity index (χ0v) is 14.0. The summed E-state index contributed by atoms with van der Waals surface area (Å²) in [4.78, 5) is 28.8. The monoisotopic (exact) mass is 316 g/mol. The summed E-state index contributed by atoms with van der Waals surface area (Å²) >= 11 is 0. The summed E-state index contributed by atoms with van der Waals surface area (Å²) in [5.74, 6) is -0.136. The fourth-order valence-electron chi connectivity index (χ4n) is 3.59. The van der Waals surface area contributed by atoms with Gasteiger partial charge in [-0.2, -0.15) is 0 Å². The molecule has 0 aromatic heterocycles. The van der Waals surface area contributed by atoms with Crippen molar-refractivity contribution in [2.75, 3.05) is 24.5 Å². The number of benzene rings is 1. The highest BCUT2D eigenvalue weighted by molar-refractivity contribution is 6.00. The van der Waals surface area contributed by atoms with Crippen molar-refractivity contribution >= 4 is 17.5 Å². The quantitative estimate of drug-likeness (QED) is 0.838. The van der Waals surface area contributed by atoms with Crippen LogP contribution in [0, 0.1) is 12.8 Å². The number of hydrogen-bond donors (Lipinski definition) is 0. The van der Waals surface area contributed by atoms with Crippen LogP contribution in [0.25, 0.3) is 0 Å². The first-order chi connectivity index (χ1) is 11.0. The van der Waals surface area contributed by atoms with Crippen LogP contribution in [0.3, 0.4) is 0 Å². The van der Waals surface area contributed by atoms with Gasteiger partial charge in [0.25, 0.3) is 0 Å². The summed E-state index contributed by atoms with van der Waals surface area (Å²) < 4.78 is 5.69. The van der Waals surface area contributed by atoms with Gasteiger partial charge in [0.15, 0.2) is 0 Å². The minimum absolute atomic E-state index is 0.0343. The Morgan fingerprint density at radius 3 is 2.43 bits per heavy atom. The standard InChI is InChI=1S/C18H24N2O3/c1-12-6-4-5-7-16(12)20-11-15(8-17(20)21)18(22)19-9-13(2)23-14(3)10-19/h4-7,13-15H,8-11H2,1-3H3/t13-,14-,15+/m1/s1. The van der Waals surface area contributed by atoms with Crippen LogP contribution in [-0.4, -0.2) is 48.6 Å². The van der Waals surface area contributed by atoms with Gasteiger partial charge in [0.05, 0.1) is 18.1 Å². The molecule has 2 heterocycles. The number of carbonyl (C=O) groups is 2. The first kappa shape index (κ1) is 16.0. The molecule has 1 aromatic rings. The number of amides is 2. The Morgan fingerprint density at radius 1 is 1.13 bits per heavy atom. The van der Waals surface area contributed by atoms with Crippen molar-refractivity contribution < 1.29 is 14.3 Å². The van der Waals surface area contributed by atoms with E-state index < -0.39 is 0 Å². The molecular weight excluding hydrogens is 292 g/mol. The lowest BCUT2D eigenvalue weighted by molar-refractivity contribution is -0.147. The first-order valence-electron chi connectivity index (χ1n) is 8.26. The van der Waals surface area contributed by atoms with Crippen LogP contribution in [0.2, 0.25) is 0 Å². The molecule has 3 rings (SSSR count). The molecule has 0 bridgehead atoms. The summed E-state index contributed by atoms with van der Waals surface area (Å²) in [7, 11) is 0. The number of para-hydroxylation sites is 1. The Kier molecular flexibility index (Phi) is 4.39. The molecule has 124 valence electrons. The number of aryl methyl sites for hydroxylation is 1. The summed E-state index contributed by atoms with van der Waals surface area (Å²) in [6.45, 7) is 7.65. The molecule has 0 spiro atoms. The van der Waals surface area contributed by atoms with E-state index in [9.17, 15) is 9.59 Å². The third kappa shape index (κ3) is 3.24. The zero-order valence-electron chi connectivity index (χ0n) is 14.0. The van der Waals surface area contributed by atoms with E-state index in [1.165, 1.54) is 0 Å². The van der Waals surface area contributed by atoms with E-state index in [2.05, 4.69) is 0 Å². The van der Waals surface area contributed by atoms with E-state index in [4.69, 9.17) is 4.74 Å². The number of rotatable bonds is 2. The average Bonchev–Trinajstić information content (AvgIpc) is 2.88. The van der Waals surface area contributed by atoms with Crippen molar-refractivity contribution in [1.29, 1.82) is 0 Å². The van der Waals surface area contributed by atoms with Gasteiger partial charge in [0.2, 0.25) is 11.8 Å². The van der Waals surface area contributed by atoms with E-state index in [-0.39, 0.29) is 29.9 Å². The van der Waals surface area contributed by atoms with Crippen LogP contribution < -0.4 is 4.90 Å². The van der Waals surface area contributed by atoms with Gasteiger partial charge < -0.3 is 14.5 Å². The van der Waals surface area contributed by atoms with Crippen LogP contribution in [0.5, 0.6) is 0 Å². The Labute approximate surface area is 137 Å². The number of carbonyl (C=O) groups excluding carboxylic acids is 2. The van der Waals surface area contributed by atoms with E-state index in [0.717, 1.165) is 11.3 Å². The number of hydrogen-bond acceptors (Lipinski definition) is 3. The predicted octanol–water partition coefficient (Wildman–Crippen LogP) is 1.98. The molecule has 0 radical (unpaired) electrons. The maximum absolute atomic E-state index is 12.8. The fraction of sp³-hybridized carbons (Fsp3) is 0.556. The maximum atomic E-state index is 12.8. The first-order valence-corrected chi connectivity index (χ1v) is 8.26. The molecule has 5 nitrogen and oxygen atoms in total. The van der Waals surface area contributed by atoms with Gasteiger partial charge in [-0.05, 0) is 32.4 Å². The van der Waals surface area contributed by atoms with Crippen LogP contribution in [0.15, 0.2) is 24.3 Å². The molecule has 5 heteroatoms. The molecule has 0 saturated carbocycles. The highest BCUT2D eigenvalue weighted by Crippen LogP contribution is 2.29. The minimum atomic E-state index is -0.250. The van der Waals surface area contributed by atoms with Gasteiger partial charge in [-0.25, -0.2) is 0 Å². The lowest BCUT2D eigenvalue weighted by Gasteiger charge is -2.36. The van der Waals surface area contributed by atoms with Crippen molar-refractivity contribution in [3.05, 3.63) is 29.8 Å². The Morgan fingerprint density at radius 2 is 1.78 bits per heavy atom. The SMILES string of the molecule is Cc1ccccc1N1C[C@@H](C(=O)N2C[C@@H](C)O[C@H](C)C2)CC1=O. The predicted molar refractivity (Wildman–Crippen MR) is 88.2 cm³/mol. The molecule has 0 N–H and O–H groups in total. The van der Waals surface area contributed by atoms with E-state index >= 15 is 0 Å². The van der Waals surface area contributed by atoms with Crippen molar-refractivity contribution in [2.24, 2.45) is 5.92 Å². The largest absolute Gasteiger partial charge is 0.372 e. The molecular formula is C18H24N2O3. The van der Waals surface area contributed by atoms with Gasteiger partial charge in [-0.1, -0.05) is 18.2 Å². The van der Waals surface area contributed by atoms with Gasteiger partial charge in [0.1, 0.15) is 0 Å². The lowest BCUT2D eigenvalue weighted by Crippen LogP contribution is -2.50. The average molecular weight is 316 g/mol. The molecule has 0 unspecified atom stereocenters. The van der Waals surface area contributed by atoms with Crippen LogP contribution in [-0.2, 0) is 14.3 Å². The Hall–Kier alpha value is -1.88. The highest BCUT2D eigenvalue weighted by atomic mass is 16.5. The molecule has 2 fully saturated rings. The number of morpholine rings is 1. The second-order valence-corrected chi connectivity index (χ2v) is 6.69. The second-order valence-electron chi connectivity index (χ2n) is 6.69. The highest BCUT2D eigenvalue weighted by Gasteiger charge is 2.39. The number of nitrogens with zero attached hydrogens (tertiary/aromatic N) is 2. The van der Waals surface area contributed by atoms with Gasteiger partial charge in [-0.15, -0.1) is 0 Å². The van der Waals surface area contributed by atoms with Crippen LogP contribution in [0.4, 0.5) is 5.69 Å². The van der Waals surface area contributed by atoms with E-state index in [1.54, 1.807) is 4.90 Å². The van der Waals surface area contributed by atoms with Gasteiger partial charge in [0, 0.05) is 31.7 Å². The number of ether oxygens (including phenoxy) is 1. The lowest BCUT2D eigenvalue weighted by atomic mass is 10.1. The Balaban J connectivity index is 1.72. The normalized spacial score (nSPS) is 28.3. The van der Waals surface area contributed by atoms with Crippen molar-refractivity contribution in [3.8, 4) is 0 Å². The zero-order chi connectivity index (χ0) is 16.6. The maximum Gasteiger partial charge on any atom is 0.228 e. The summed E-state index contributed by atoms with van der Waals surface area (Å²) in [5, 5.41) is 0. The third-order valence-electron chi connectivity index (χ3n) is 4.61. The van der Waals surface area contributed by atoms with Gasteiger partial charge >= 0.3 is 0 Å². The molecule has 3 atom stereocenters. The van der Waals surface area contributed by atoms with Crippen molar-refractivity contribution in [3.63, 3.8) is 0 Å². The fourth-order valence-corrected chi connectivity index (χ4v) is 3.59. The molecule has 23 heavy (non-hydrogen) atoms. The van der Waals surface area contributed by atoms with E-state index in [0.29, 0.717) is 26.1 Å². The summed E-state index contributed by atoms with van der Waals surface area (Å²) in [6, 6.07) is 7.82. The molecule has 2 amide bonds. The van der Waals surface area contributed by atoms with Crippen molar-refractivity contribution in [2.45, 2.75) is 39.4 Å². The number of anilines is 1. The smallest absolute Gasteiger partial charge is 0.228 e. The molecule has 0 aliphatic carbocycles. The molecule has 1 aromatic carbocycles. The second kappa shape index (κ2) is 6.32. The van der Waals surface area contributed by atoms with E-state index in [1.807, 2.05) is 49.9 Å². The Bertz CT molecular complexity index is 606. The summed E-state index contributed by atoms with van der Waals surface area (Å²) in [5.41, 5.74) is 1.97.